The maximum absolute atomic E-state index is 13.9. The maximum atomic E-state index is 13.9. The molecule has 1 amide bonds. The molecule has 2 rings (SSSR count). The molecule has 1 heterocycles. The van der Waals surface area contributed by atoms with Gasteiger partial charge in [0.1, 0.15) is 11.9 Å². The van der Waals surface area contributed by atoms with E-state index < -0.39 is 11.9 Å². The van der Waals surface area contributed by atoms with Crippen LogP contribution in [0.2, 0.25) is 0 Å². The van der Waals surface area contributed by atoms with Gasteiger partial charge in [-0.25, -0.2) is 4.39 Å². The van der Waals surface area contributed by atoms with Gasteiger partial charge in [0, 0.05) is 18.0 Å². The first-order chi connectivity index (χ1) is 10.1. The lowest BCUT2D eigenvalue weighted by molar-refractivity contribution is -0.119. The molecule has 21 heavy (non-hydrogen) atoms. The Hall–Kier alpha value is -2.65. The largest absolute Gasteiger partial charge is 0.322 e. The van der Waals surface area contributed by atoms with Crippen LogP contribution in [0, 0.1) is 17.7 Å². The van der Waals surface area contributed by atoms with E-state index in [1.165, 1.54) is 16.8 Å². The summed E-state index contributed by atoms with van der Waals surface area (Å²) < 4.78 is 15.4. The van der Waals surface area contributed by atoms with E-state index in [1.54, 1.807) is 31.5 Å². The van der Waals surface area contributed by atoms with Crippen LogP contribution in [-0.4, -0.2) is 22.2 Å². The molecular formula is C15H15FN4O. The van der Waals surface area contributed by atoms with Crippen LogP contribution in [0.4, 0.5) is 10.1 Å². The topological polar surface area (TPSA) is 72.9 Å². The van der Waals surface area contributed by atoms with Crippen LogP contribution < -0.4 is 11.1 Å². The monoisotopic (exact) mass is 286 g/mol. The normalized spacial score (nSPS) is 11.4. The molecule has 0 bridgehead atoms. The number of halogens is 1. The van der Waals surface area contributed by atoms with Crippen LogP contribution in [0.3, 0.4) is 0 Å². The molecule has 3 N–H and O–H groups in total. The van der Waals surface area contributed by atoms with Crippen molar-refractivity contribution in [2.45, 2.75) is 13.0 Å². The summed E-state index contributed by atoms with van der Waals surface area (Å²) in [7, 11) is 0. The van der Waals surface area contributed by atoms with Gasteiger partial charge in [0.25, 0.3) is 0 Å². The first-order valence-electron chi connectivity index (χ1n) is 6.40. The molecule has 0 radical (unpaired) electrons. The van der Waals surface area contributed by atoms with Gasteiger partial charge in [-0.15, -0.1) is 0 Å². The highest BCUT2D eigenvalue weighted by atomic mass is 19.1. The van der Waals surface area contributed by atoms with Crippen LogP contribution in [0.5, 0.6) is 0 Å². The summed E-state index contributed by atoms with van der Waals surface area (Å²) in [6.45, 7) is 1.89. The Balaban J connectivity index is 2.11. The lowest BCUT2D eigenvalue weighted by Gasteiger charge is -2.13. The van der Waals surface area contributed by atoms with Gasteiger partial charge in [-0.05, 0) is 31.2 Å². The zero-order chi connectivity index (χ0) is 15.2. The molecule has 6 heteroatoms. The van der Waals surface area contributed by atoms with Crippen molar-refractivity contribution < 1.29 is 9.18 Å². The maximum Gasteiger partial charge on any atom is 0.249 e. The van der Waals surface area contributed by atoms with E-state index >= 15 is 0 Å². The number of rotatable bonds is 3. The molecule has 1 atom stereocenters. The SMILES string of the molecule is CC(C(=O)Nc1ccc(C#CCN)cc1F)n1cccn1. The van der Waals surface area contributed by atoms with Crippen LogP contribution >= 0.6 is 0 Å². The van der Waals surface area contributed by atoms with Gasteiger partial charge in [0.15, 0.2) is 0 Å². The predicted octanol–water partition coefficient (Wildman–Crippen LogP) is 1.53. The van der Waals surface area contributed by atoms with Crippen LogP contribution in [0.25, 0.3) is 0 Å². The number of nitrogens with one attached hydrogen (secondary N) is 1. The second-order valence-electron chi connectivity index (χ2n) is 4.35. The second kappa shape index (κ2) is 6.68. The Morgan fingerprint density at radius 1 is 1.57 bits per heavy atom. The number of hydrogen-bond acceptors (Lipinski definition) is 3. The molecule has 1 aromatic heterocycles. The lowest BCUT2D eigenvalue weighted by atomic mass is 10.2. The van der Waals surface area contributed by atoms with Crippen molar-refractivity contribution in [1.29, 1.82) is 0 Å². The minimum absolute atomic E-state index is 0.109. The molecule has 0 aliphatic rings. The number of carbonyl (C=O) groups is 1. The van der Waals surface area contributed by atoms with Gasteiger partial charge < -0.3 is 11.1 Å². The molecule has 0 aliphatic heterocycles. The quantitative estimate of drug-likeness (QED) is 0.840. The van der Waals surface area contributed by atoms with E-state index in [1.807, 2.05) is 0 Å². The van der Waals surface area contributed by atoms with E-state index in [0.717, 1.165) is 0 Å². The molecule has 108 valence electrons. The Morgan fingerprint density at radius 3 is 3.00 bits per heavy atom. The number of nitrogens with zero attached hydrogens (tertiary/aromatic N) is 2. The number of carbonyl (C=O) groups excluding carboxylic acids is 1. The summed E-state index contributed by atoms with van der Waals surface area (Å²) in [6, 6.07) is 5.55. The van der Waals surface area contributed by atoms with Gasteiger partial charge in [0.2, 0.25) is 5.91 Å². The Bertz CT molecular complexity index is 685. The van der Waals surface area contributed by atoms with Crippen LogP contribution in [0.15, 0.2) is 36.7 Å². The average molecular weight is 286 g/mol. The predicted molar refractivity (Wildman–Crippen MR) is 77.9 cm³/mol. The summed E-state index contributed by atoms with van der Waals surface area (Å²) >= 11 is 0. The van der Waals surface area contributed by atoms with E-state index in [0.29, 0.717) is 5.56 Å². The van der Waals surface area contributed by atoms with E-state index in [2.05, 4.69) is 22.3 Å². The molecule has 5 nitrogen and oxygen atoms in total. The van der Waals surface area contributed by atoms with Gasteiger partial charge in [-0.1, -0.05) is 11.8 Å². The number of benzene rings is 1. The van der Waals surface area contributed by atoms with Gasteiger partial charge in [0.05, 0.1) is 12.2 Å². The Labute approximate surface area is 122 Å². The fourth-order valence-electron chi connectivity index (χ4n) is 1.71. The Morgan fingerprint density at radius 2 is 2.38 bits per heavy atom. The van der Waals surface area contributed by atoms with Crippen LogP contribution in [0.1, 0.15) is 18.5 Å². The third-order valence-corrected chi connectivity index (χ3v) is 2.86. The summed E-state index contributed by atoms with van der Waals surface area (Å²) in [6.07, 6.45) is 3.25. The highest BCUT2D eigenvalue weighted by Crippen LogP contribution is 2.17. The zero-order valence-electron chi connectivity index (χ0n) is 11.5. The molecule has 0 aliphatic carbocycles. The zero-order valence-corrected chi connectivity index (χ0v) is 11.5. The number of nitrogens with two attached hydrogens (primary N) is 1. The highest BCUT2D eigenvalue weighted by Gasteiger charge is 2.16. The van der Waals surface area contributed by atoms with E-state index in [9.17, 15) is 9.18 Å². The van der Waals surface area contributed by atoms with Gasteiger partial charge >= 0.3 is 0 Å². The van der Waals surface area contributed by atoms with Gasteiger partial charge in [-0.2, -0.15) is 5.10 Å². The molecule has 2 aromatic rings. The van der Waals surface area contributed by atoms with E-state index in [-0.39, 0.29) is 18.1 Å². The van der Waals surface area contributed by atoms with Crippen molar-refractivity contribution in [1.82, 2.24) is 9.78 Å². The third kappa shape index (κ3) is 3.68. The smallest absolute Gasteiger partial charge is 0.249 e. The number of anilines is 1. The standard InChI is InChI=1S/C15H15FN4O/c1-11(20-9-3-8-18-20)15(21)19-14-6-5-12(4-2-7-17)10-13(14)16/h3,5-6,8-11H,7,17H2,1H3,(H,19,21). The number of amides is 1. The van der Waals surface area contributed by atoms with Crippen molar-refractivity contribution in [3.05, 3.63) is 48.0 Å². The Kier molecular flexibility index (Phi) is 4.69. The van der Waals surface area contributed by atoms with E-state index in [4.69, 9.17) is 5.73 Å². The summed E-state index contributed by atoms with van der Waals surface area (Å²) in [5, 5.41) is 6.52. The fourth-order valence-corrected chi connectivity index (χ4v) is 1.71. The lowest BCUT2D eigenvalue weighted by Crippen LogP contribution is -2.24. The first kappa shape index (κ1) is 14.8. The van der Waals surface area contributed by atoms with Crippen molar-refractivity contribution in [3.8, 4) is 11.8 Å². The minimum atomic E-state index is -0.542. The summed E-state index contributed by atoms with van der Waals surface area (Å²) in [5.74, 6) is 4.48. The van der Waals surface area contributed by atoms with Crippen LogP contribution in [-0.2, 0) is 4.79 Å². The molecule has 1 aromatic carbocycles. The number of aromatic nitrogens is 2. The van der Waals surface area contributed by atoms with Crippen molar-refractivity contribution in [3.63, 3.8) is 0 Å². The first-order valence-corrected chi connectivity index (χ1v) is 6.40. The molecule has 0 fully saturated rings. The third-order valence-electron chi connectivity index (χ3n) is 2.86. The van der Waals surface area contributed by atoms with Crippen molar-refractivity contribution in [2.24, 2.45) is 5.73 Å². The summed E-state index contributed by atoms with van der Waals surface area (Å²) in [5.41, 5.74) is 5.88. The highest BCUT2D eigenvalue weighted by molar-refractivity contribution is 5.93. The van der Waals surface area contributed by atoms with Crippen molar-refractivity contribution >= 4 is 11.6 Å². The molecule has 1 unspecified atom stereocenters. The number of hydrogen-bond donors (Lipinski definition) is 2. The molecule has 0 spiro atoms. The molecule has 0 saturated heterocycles. The fraction of sp³-hybridized carbons (Fsp3) is 0.200. The molecule has 0 saturated carbocycles. The second-order valence-corrected chi connectivity index (χ2v) is 4.35. The summed E-state index contributed by atoms with van der Waals surface area (Å²) in [4.78, 5) is 12.0. The van der Waals surface area contributed by atoms with Gasteiger partial charge in [-0.3, -0.25) is 9.48 Å². The minimum Gasteiger partial charge on any atom is -0.322 e. The average Bonchev–Trinajstić information content (AvgIpc) is 3.01. The van der Waals surface area contributed by atoms with Crippen molar-refractivity contribution in [2.75, 3.05) is 11.9 Å². The molecular weight excluding hydrogens is 271 g/mol.